The van der Waals surface area contributed by atoms with E-state index in [2.05, 4.69) is 31.8 Å². The number of nitro groups is 1. The van der Waals surface area contributed by atoms with E-state index in [1.807, 2.05) is 6.92 Å². The highest BCUT2D eigenvalue weighted by Crippen LogP contribution is 2.31. The Morgan fingerprint density at radius 2 is 2.00 bits per heavy atom. The molecule has 0 aromatic rings. The van der Waals surface area contributed by atoms with Crippen LogP contribution in [0.25, 0.3) is 0 Å². The van der Waals surface area contributed by atoms with Crippen molar-refractivity contribution in [2.24, 2.45) is 0 Å². The largest absolute Gasteiger partial charge is 0.265 e. The third-order valence-corrected chi connectivity index (χ3v) is 6.82. The monoisotopic (exact) mass is 229 g/mol. The molecule has 0 saturated heterocycles. The van der Waals surface area contributed by atoms with Crippen LogP contribution in [0.5, 0.6) is 0 Å². The molecule has 0 rings (SSSR count). The summed E-state index contributed by atoms with van der Waals surface area (Å²) in [6.07, 6.45) is 5.08. The number of nitrogens with zero attached hydrogens (tertiary/aromatic N) is 1. The van der Waals surface area contributed by atoms with Gasteiger partial charge in [0.1, 0.15) is 0 Å². The Balaban J connectivity index is 4.42. The van der Waals surface area contributed by atoms with Gasteiger partial charge in [0.2, 0.25) is 6.54 Å². The van der Waals surface area contributed by atoms with Crippen LogP contribution in [0.15, 0.2) is 11.8 Å². The molecule has 0 radical (unpaired) electrons. The second-order valence-corrected chi connectivity index (χ2v) is 9.44. The average Bonchev–Trinajstić information content (AvgIpc) is 2.11. The molecule has 1 atom stereocenters. The number of allylic oxidation sites excluding steroid dienone is 1. The minimum absolute atomic E-state index is 0.124. The van der Waals surface area contributed by atoms with Gasteiger partial charge in [0.05, 0.1) is 8.07 Å². The lowest BCUT2D eigenvalue weighted by atomic mass is 10.2. The van der Waals surface area contributed by atoms with E-state index in [-0.39, 0.29) is 11.5 Å². The molecule has 0 N–H and O–H groups in total. The van der Waals surface area contributed by atoms with E-state index in [1.165, 1.54) is 0 Å². The van der Waals surface area contributed by atoms with Gasteiger partial charge in [0.15, 0.2) is 0 Å². The fourth-order valence-corrected chi connectivity index (χ4v) is 5.10. The van der Waals surface area contributed by atoms with Crippen molar-refractivity contribution in [1.29, 1.82) is 0 Å². The molecular formula is C11H23NO2Si. The molecule has 15 heavy (non-hydrogen) atoms. The minimum Gasteiger partial charge on any atom is -0.265 e. The van der Waals surface area contributed by atoms with Gasteiger partial charge in [-0.25, -0.2) is 0 Å². The van der Waals surface area contributed by atoms with Gasteiger partial charge < -0.3 is 0 Å². The first kappa shape index (κ1) is 14.4. The highest BCUT2D eigenvalue weighted by atomic mass is 28.3. The summed E-state index contributed by atoms with van der Waals surface area (Å²) in [5, 5.41) is 10.4. The molecule has 0 aromatic carbocycles. The summed E-state index contributed by atoms with van der Waals surface area (Å²) in [5.74, 6) is 0. The Hall–Kier alpha value is -0.643. The zero-order valence-electron chi connectivity index (χ0n) is 10.3. The topological polar surface area (TPSA) is 43.1 Å². The summed E-state index contributed by atoms with van der Waals surface area (Å²) >= 11 is 0. The molecule has 0 amide bonds. The molecule has 0 aliphatic carbocycles. The third-order valence-electron chi connectivity index (χ3n) is 2.95. The van der Waals surface area contributed by atoms with E-state index in [0.717, 1.165) is 19.3 Å². The molecule has 0 fully saturated rings. The van der Waals surface area contributed by atoms with Crippen molar-refractivity contribution in [2.75, 3.05) is 6.54 Å². The third kappa shape index (κ3) is 5.72. The summed E-state index contributed by atoms with van der Waals surface area (Å²) in [7, 11) is -1.41. The predicted octanol–water partition coefficient (Wildman–Crippen LogP) is 3.65. The lowest BCUT2D eigenvalue weighted by molar-refractivity contribution is -0.480. The fourth-order valence-electron chi connectivity index (χ4n) is 2.06. The highest BCUT2D eigenvalue weighted by molar-refractivity contribution is 6.83. The maximum Gasteiger partial charge on any atom is 0.203 e. The molecule has 0 saturated carbocycles. The van der Waals surface area contributed by atoms with E-state index in [0.29, 0.717) is 5.54 Å². The molecule has 0 bridgehead atoms. The minimum atomic E-state index is -1.41. The van der Waals surface area contributed by atoms with E-state index in [1.54, 1.807) is 0 Å². The standard InChI is InChI=1S/C11H23NO2Si/c1-5-7-11(8-9-12(13)14)15(3,4)10-6-2/h6,10-11H,5,7-9H2,1-4H3/b10-6-. The second-order valence-electron chi connectivity index (χ2n) is 4.65. The normalized spacial score (nSPS) is 14.4. The zero-order chi connectivity index (χ0) is 11.9. The first-order chi connectivity index (χ1) is 6.94. The molecule has 4 heteroatoms. The Morgan fingerprint density at radius 1 is 1.40 bits per heavy atom. The molecule has 0 aliphatic rings. The van der Waals surface area contributed by atoms with Gasteiger partial charge in [0, 0.05) is 11.3 Å². The molecule has 0 aromatic heterocycles. The van der Waals surface area contributed by atoms with E-state index in [4.69, 9.17) is 0 Å². The van der Waals surface area contributed by atoms with Crippen LogP contribution in [0.4, 0.5) is 0 Å². The van der Waals surface area contributed by atoms with Crippen LogP contribution >= 0.6 is 0 Å². The summed E-state index contributed by atoms with van der Waals surface area (Å²) < 4.78 is 0. The van der Waals surface area contributed by atoms with Gasteiger partial charge in [-0.05, 0) is 12.5 Å². The van der Waals surface area contributed by atoms with Crippen LogP contribution in [0.3, 0.4) is 0 Å². The van der Waals surface area contributed by atoms with Gasteiger partial charge in [-0.1, -0.05) is 44.6 Å². The maximum atomic E-state index is 10.4. The number of rotatable bonds is 7. The van der Waals surface area contributed by atoms with E-state index >= 15 is 0 Å². The van der Waals surface area contributed by atoms with Gasteiger partial charge in [-0.3, -0.25) is 10.1 Å². The SMILES string of the molecule is C/C=C\[Si](C)(C)C(CCC)CC[N+](=O)[O-]. The van der Waals surface area contributed by atoms with Crippen molar-refractivity contribution >= 4 is 8.07 Å². The fraction of sp³-hybridized carbons (Fsp3) is 0.818. The first-order valence-corrected chi connectivity index (χ1v) is 8.85. The highest BCUT2D eigenvalue weighted by Gasteiger charge is 2.29. The molecule has 1 unspecified atom stereocenters. The first-order valence-electron chi connectivity index (χ1n) is 5.69. The van der Waals surface area contributed by atoms with Gasteiger partial charge >= 0.3 is 0 Å². The van der Waals surface area contributed by atoms with Crippen molar-refractivity contribution in [1.82, 2.24) is 0 Å². The Labute approximate surface area is 93.7 Å². The van der Waals surface area contributed by atoms with Crippen molar-refractivity contribution in [3.63, 3.8) is 0 Å². The van der Waals surface area contributed by atoms with Crippen LogP contribution in [-0.2, 0) is 0 Å². The molecule has 3 nitrogen and oxygen atoms in total. The van der Waals surface area contributed by atoms with Gasteiger partial charge in [-0.2, -0.15) is 0 Å². The van der Waals surface area contributed by atoms with Crippen molar-refractivity contribution in [3.8, 4) is 0 Å². The molecule has 0 heterocycles. The molecule has 0 aliphatic heterocycles. The van der Waals surface area contributed by atoms with Crippen LogP contribution in [0.2, 0.25) is 18.6 Å². The quantitative estimate of drug-likeness (QED) is 0.380. The molecular weight excluding hydrogens is 206 g/mol. The maximum absolute atomic E-state index is 10.4. The Kier molecular flexibility index (Phi) is 6.48. The van der Waals surface area contributed by atoms with E-state index < -0.39 is 8.07 Å². The number of hydrogen-bond donors (Lipinski definition) is 0. The lowest BCUT2D eigenvalue weighted by Gasteiger charge is -2.28. The van der Waals surface area contributed by atoms with Crippen molar-refractivity contribution in [2.45, 2.75) is 51.7 Å². The zero-order valence-corrected chi connectivity index (χ0v) is 11.3. The number of hydrogen-bond acceptors (Lipinski definition) is 2. The van der Waals surface area contributed by atoms with Crippen LogP contribution in [0, 0.1) is 10.1 Å². The summed E-state index contributed by atoms with van der Waals surface area (Å²) in [5.41, 5.74) is 2.84. The van der Waals surface area contributed by atoms with Gasteiger partial charge in [0.25, 0.3) is 0 Å². The lowest BCUT2D eigenvalue weighted by Crippen LogP contribution is -2.31. The smallest absolute Gasteiger partial charge is 0.203 e. The van der Waals surface area contributed by atoms with E-state index in [9.17, 15) is 10.1 Å². The average molecular weight is 229 g/mol. The van der Waals surface area contributed by atoms with Crippen molar-refractivity contribution in [3.05, 3.63) is 21.9 Å². The van der Waals surface area contributed by atoms with Crippen LogP contribution in [0.1, 0.15) is 33.1 Å². The van der Waals surface area contributed by atoms with Crippen LogP contribution < -0.4 is 0 Å². The molecule has 88 valence electrons. The summed E-state index contributed by atoms with van der Waals surface area (Å²) in [4.78, 5) is 10.2. The summed E-state index contributed by atoms with van der Waals surface area (Å²) in [6, 6.07) is 0. The van der Waals surface area contributed by atoms with Gasteiger partial charge in [-0.15, -0.1) is 0 Å². The predicted molar refractivity (Wildman–Crippen MR) is 67.4 cm³/mol. The Morgan fingerprint density at radius 3 is 2.40 bits per heavy atom. The molecule has 0 spiro atoms. The second kappa shape index (κ2) is 6.77. The van der Waals surface area contributed by atoms with Crippen LogP contribution in [-0.4, -0.2) is 19.5 Å². The Bertz CT molecular complexity index is 227. The van der Waals surface area contributed by atoms with Crippen molar-refractivity contribution < 1.29 is 4.92 Å². The summed E-state index contributed by atoms with van der Waals surface area (Å²) in [6.45, 7) is 8.91.